The van der Waals surface area contributed by atoms with E-state index in [0.717, 1.165) is 43.0 Å². The van der Waals surface area contributed by atoms with Crippen LogP contribution in [0.25, 0.3) is 11.2 Å². The maximum atomic E-state index is 6.07. The second-order valence-corrected chi connectivity index (χ2v) is 5.51. The zero-order valence-electron chi connectivity index (χ0n) is 10.6. The summed E-state index contributed by atoms with van der Waals surface area (Å²) in [6.07, 6.45) is 4.03. The van der Waals surface area contributed by atoms with Crippen LogP contribution in [0.5, 0.6) is 0 Å². The van der Waals surface area contributed by atoms with Gasteiger partial charge >= 0.3 is 0 Å². The van der Waals surface area contributed by atoms with E-state index in [1.165, 1.54) is 0 Å². The van der Waals surface area contributed by atoms with Crippen molar-refractivity contribution >= 4 is 28.6 Å². The van der Waals surface area contributed by atoms with Gasteiger partial charge in [-0.3, -0.25) is 0 Å². The van der Waals surface area contributed by atoms with Gasteiger partial charge in [0.1, 0.15) is 0 Å². The molecule has 2 bridgehead atoms. The van der Waals surface area contributed by atoms with Crippen LogP contribution in [0, 0.1) is 0 Å². The Bertz CT molecular complexity index is 626. The van der Waals surface area contributed by atoms with Crippen molar-refractivity contribution in [1.82, 2.24) is 19.5 Å². The zero-order valence-corrected chi connectivity index (χ0v) is 11.3. The molecule has 4 rings (SSSR count). The predicted octanol–water partition coefficient (Wildman–Crippen LogP) is 1.38. The van der Waals surface area contributed by atoms with Crippen LogP contribution in [0.3, 0.4) is 0 Å². The van der Waals surface area contributed by atoms with Gasteiger partial charge in [0, 0.05) is 7.05 Å². The molecule has 0 radical (unpaired) electrons. The van der Waals surface area contributed by atoms with Crippen molar-refractivity contribution in [3.63, 3.8) is 0 Å². The Hall–Kier alpha value is -1.40. The number of aromatic nitrogens is 4. The Morgan fingerprint density at radius 3 is 2.74 bits per heavy atom. The molecule has 0 N–H and O–H groups in total. The number of fused-ring (bicyclic) bond motifs is 3. The van der Waals surface area contributed by atoms with Gasteiger partial charge in [0.15, 0.2) is 17.0 Å². The number of morpholine rings is 1. The molecule has 100 valence electrons. The van der Waals surface area contributed by atoms with Gasteiger partial charge in [0.2, 0.25) is 5.28 Å². The first-order valence-electron chi connectivity index (χ1n) is 6.44. The zero-order chi connectivity index (χ0) is 13.0. The average molecular weight is 280 g/mol. The molecule has 19 heavy (non-hydrogen) atoms. The number of aryl methyl sites for hydroxylation is 1. The minimum atomic E-state index is 0.275. The third-order valence-electron chi connectivity index (χ3n) is 4.00. The lowest BCUT2D eigenvalue weighted by Crippen LogP contribution is -2.46. The van der Waals surface area contributed by atoms with E-state index in [4.69, 9.17) is 16.3 Å². The van der Waals surface area contributed by atoms with E-state index in [0.29, 0.717) is 12.1 Å². The van der Waals surface area contributed by atoms with Gasteiger partial charge < -0.3 is 14.2 Å². The van der Waals surface area contributed by atoms with E-state index < -0.39 is 0 Å². The maximum absolute atomic E-state index is 6.07. The van der Waals surface area contributed by atoms with Gasteiger partial charge in [-0.15, -0.1) is 0 Å². The molecule has 2 aliphatic rings. The standard InChI is InChI=1S/C12H14ClN5O/c1-17-6-14-9-10(17)15-12(13)16-11(9)18-7-2-3-8(18)5-19-4-7/h6-8H,2-5H2,1H3. The number of ether oxygens (including phenoxy) is 1. The number of hydrogen-bond acceptors (Lipinski definition) is 5. The Morgan fingerprint density at radius 1 is 1.26 bits per heavy atom. The number of rotatable bonds is 1. The maximum Gasteiger partial charge on any atom is 0.226 e. The van der Waals surface area contributed by atoms with Crippen LogP contribution in [0.15, 0.2) is 6.33 Å². The van der Waals surface area contributed by atoms with E-state index in [-0.39, 0.29) is 5.28 Å². The van der Waals surface area contributed by atoms with Crippen LogP contribution >= 0.6 is 11.6 Å². The molecule has 0 aromatic carbocycles. The van der Waals surface area contributed by atoms with Crippen LogP contribution in [0.4, 0.5) is 5.82 Å². The van der Waals surface area contributed by atoms with Crippen molar-refractivity contribution in [2.24, 2.45) is 7.05 Å². The van der Waals surface area contributed by atoms with E-state index in [1.54, 1.807) is 6.33 Å². The fraction of sp³-hybridized carbons (Fsp3) is 0.583. The summed E-state index contributed by atoms with van der Waals surface area (Å²) in [5, 5.41) is 0.275. The van der Waals surface area contributed by atoms with Gasteiger partial charge in [0.25, 0.3) is 0 Å². The monoisotopic (exact) mass is 279 g/mol. The van der Waals surface area contributed by atoms with Crippen LogP contribution in [0.2, 0.25) is 5.28 Å². The summed E-state index contributed by atoms with van der Waals surface area (Å²) in [6.45, 7) is 1.51. The topological polar surface area (TPSA) is 56.1 Å². The Balaban J connectivity index is 1.91. The molecule has 0 spiro atoms. The molecule has 4 heterocycles. The van der Waals surface area contributed by atoms with Gasteiger partial charge in [-0.2, -0.15) is 9.97 Å². The van der Waals surface area contributed by atoms with Gasteiger partial charge in [-0.1, -0.05) is 0 Å². The molecule has 0 saturated carbocycles. The first-order chi connectivity index (χ1) is 9.24. The number of halogens is 1. The SMILES string of the molecule is Cn1cnc2c(N3C4CCC3COC4)nc(Cl)nc21. The van der Waals surface area contributed by atoms with Crippen LogP contribution in [-0.2, 0) is 11.8 Å². The van der Waals surface area contributed by atoms with Crippen LogP contribution in [-0.4, -0.2) is 44.8 Å². The molecule has 6 nitrogen and oxygen atoms in total. The van der Waals surface area contributed by atoms with Crippen molar-refractivity contribution in [3.05, 3.63) is 11.6 Å². The molecule has 0 aliphatic carbocycles. The molecular weight excluding hydrogens is 266 g/mol. The molecule has 2 aromatic rings. The largest absolute Gasteiger partial charge is 0.377 e. The fourth-order valence-electron chi connectivity index (χ4n) is 3.12. The quantitative estimate of drug-likeness (QED) is 0.738. The highest BCUT2D eigenvalue weighted by Gasteiger charge is 2.39. The summed E-state index contributed by atoms with van der Waals surface area (Å²) in [5.74, 6) is 0.853. The summed E-state index contributed by atoms with van der Waals surface area (Å²) in [5.41, 5.74) is 1.60. The smallest absolute Gasteiger partial charge is 0.226 e. The van der Waals surface area contributed by atoms with Gasteiger partial charge in [0.05, 0.1) is 31.6 Å². The minimum Gasteiger partial charge on any atom is -0.377 e. The van der Waals surface area contributed by atoms with Crippen molar-refractivity contribution in [1.29, 1.82) is 0 Å². The van der Waals surface area contributed by atoms with Crippen molar-refractivity contribution in [3.8, 4) is 0 Å². The first kappa shape index (κ1) is 11.4. The van der Waals surface area contributed by atoms with E-state index in [9.17, 15) is 0 Å². The predicted molar refractivity (Wildman–Crippen MR) is 71.4 cm³/mol. The number of imidazole rings is 1. The molecule has 2 unspecified atom stereocenters. The lowest BCUT2D eigenvalue weighted by molar-refractivity contribution is 0.0903. The Morgan fingerprint density at radius 2 is 2.00 bits per heavy atom. The Labute approximate surface area is 115 Å². The molecule has 2 aromatic heterocycles. The Kier molecular flexibility index (Phi) is 2.43. The van der Waals surface area contributed by atoms with Crippen molar-refractivity contribution in [2.75, 3.05) is 18.1 Å². The number of anilines is 1. The van der Waals surface area contributed by atoms with Crippen LogP contribution < -0.4 is 4.90 Å². The second kappa shape index (κ2) is 4.05. The third kappa shape index (κ3) is 1.63. The molecule has 2 aliphatic heterocycles. The lowest BCUT2D eigenvalue weighted by atomic mass is 10.2. The molecular formula is C12H14ClN5O. The molecule has 0 amide bonds. The van der Waals surface area contributed by atoms with E-state index in [1.807, 2.05) is 11.6 Å². The van der Waals surface area contributed by atoms with E-state index in [2.05, 4.69) is 19.9 Å². The fourth-order valence-corrected chi connectivity index (χ4v) is 3.28. The number of nitrogens with zero attached hydrogens (tertiary/aromatic N) is 5. The highest BCUT2D eigenvalue weighted by atomic mass is 35.5. The molecule has 2 atom stereocenters. The summed E-state index contributed by atoms with van der Waals surface area (Å²) < 4.78 is 7.48. The first-order valence-corrected chi connectivity index (χ1v) is 6.82. The van der Waals surface area contributed by atoms with Gasteiger partial charge in [-0.05, 0) is 24.4 Å². The summed E-state index contributed by atoms with van der Waals surface area (Å²) in [4.78, 5) is 15.4. The molecule has 2 fully saturated rings. The highest BCUT2D eigenvalue weighted by Crippen LogP contribution is 2.36. The average Bonchev–Trinajstić information content (AvgIpc) is 2.87. The minimum absolute atomic E-state index is 0.275. The number of hydrogen-bond donors (Lipinski definition) is 0. The normalized spacial score (nSPS) is 26.3. The molecule has 2 saturated heterocycles. The lowest BCUT2D eigenvalue weighted by Gasteiger charge is -2.35. The van der Waals surface area contributed by atoms with Crippen molar-refractivity contribution < 1.29 is 4.74 Å². The van der Waals surface area contributed by atoms with Gasteiger partial charge in [-0.25, -0.2) is 4.98 Å². The summed E-state index contributed by atoms with van der Waals surface area (Å²) in [7, 11) is 1.91. The highest BCUT2D eigenvalue weighted by molar-refractivity contribution is 6.28. The summed E-state index contributed by atoms with van der Waals surface area (Å²) in [6, 6.07) is 0.768. The molecule has 7 heteroatoms. The van der Waals surface area contributed by atoms with Crippen molar-refractivity contribution in [2.45, 2.75) is 24.9 Å². The van der Waals surface area contributed by atoms with E-state index >= 15 is 0 Å². The second-order valence-electron chi connectivity index (χ2n) is 5.17. The van der Waals surface area contributed by atoms with Crippen LogP contribution in [0.1, 0.15) is 12.8 Å². The summed E-state index contributed by atoms with van der Waals surface area (Å²) >= 11 is 6.07. The third-order valence-corrected chi connectivity index (χ3v) is 4.17.